The number of aromatic hydroxyl groups is 1. The summed E-state index contributed by atoms with van der Waals surface area (Å²) in [6.07, 6.45) is 3.55. The van der Waals surface area contributed by atoms with Crippen molar-refractivity contribution >= 4 is 17.6 Å². The Morgan fingerprint density at radius 3 is 2.92 bits per heavy atom. The first-order valence-electron chi connectivity index (χ1n) is 8.72. The van der Waals surface area contributed by atoms with Crippen molar-refractivity contribution in [2.24, 2.45) is 0 Å². The van der Waals surface area contributed by atoms with Gasteiger partial charge in [-0.15, -0.1) is 0 Å². The molecule has 1 atom stereocenters. The molecule has 0 spiro atoms. The Labute approximate surface area is 149 Å². The number of phenols is 1. The van der Waals surface area contributed by atoms with Gasteiger partial charge in [0.15, 0.2) is 0 Å². The lowest BCUT2D eigenvalue weighted by Gasteiger charge is -2.33. The number of hydrogen-bond donors (Lipinski definition) is 4. The van der Waals surface area contributed by atoms with Crippen molar-refractivity contribution < 1.29 is 5.11 Å². The number of likely N-dealkylation sites (tertiary alicyclic amines) is 1. The number of piperidine rings is 1. The van der Waals surface area contributed by atoms with Crippen LogP contribution in [-0.2, 0) is 6.54 Å². The van der Waals surface area contributed by atoms with E-state index in [0.29, 0.717) is 17.5 Å². The number of phenolic OH excluding ortho intramolecular Hbond substituents is 1. The average molecular weight is 338 g/mol. The van der Waals surface area contributed by atoms with E-state index in [1.165, 1.54) is 6.21 Å². The minimum atomic E-state index is 0.366. The molecule has 132 valence electrons. The highest BCUT2D eigenvalue weighted by Gasteiger charge is 2.20. The van der Waals surface area contributed by atoms with Crippen molar-refractivity contribution in [3.8, 4) is 5.75 Å². The lowest BCUT2D eigenvalue weighted by Crippen LogP contribution is -2.41. The molecule has 5 heteroatoms. The summed E-state index contributed by atoms with van der Waals surface area (Å²) in [5.41, 5.74) is 10.3. The third-order valence-electron chi connectivity index (χ3n) is 4.80. The minimum Gasteiger partial charge on any atom is -0.508 e. The number of hydrogen-bond acceptors (Lipinski definition) is 5. The van der Waals surface area contributed by atoms with Crippen LogP contribution in [0.5, 0.6) is 5.75 Å². The quantitative estimate of drug-likeness (QED) is 0.497. The molecule has 0 aromatic heterocycles. The molecule has 3 rings (SSSR count). The first-order chi connectivity index (χ1) is 12.0. The molecule has 0 aliphatic carbocycles. The normalized spacial score (nSPS) is 18.0. The summed E-state index contributed by atoms with van der Waals surface area (Å²) in [7, 11) is 0. The fraction of sp³-hybridized carbons (Fsp3) is 0.350. The van der Waals surface area contributed by atoms with Crippen molar-refractivity contribution in [3.05, 3.63) is 53.1 Å². The van der Waals surface area contributed by atoms with Gasteiger partial charge in [0.25, 0.3) is 0 Å². The second kappa shape index (κ2) is 7.57. The second-order valence-electron chi connectivity index (χ2n) is 6.83. The van der Waals surface area contributed by atoms with Crippen LogP contribution in [0.4, 0.5) is 11.4 Å². The molecular weight excluding hydrogens is 312 g/mol. The van der Waals surface area contributed by atoms with E-state index in [9.17, 15) is 5.11 Å². The fourth-order valence-corrected chi connectivity index (χ4v) is 3.35. The lowest BCUT2D eigenvalue weighted by atomic mass is 10.0. The van der Waals surface area contributed by atoms with Gasteiger partial charge < -0.3 is 21.6 Å². The van der Waals surface area contributed by atoms with Gasteiger partial charge in [0.1, 0.15) is 5.75 Å². The van der Waals surface area contributed by atoms with Gasteiger partial charge in [-0.1, -0.05) is 12.1 Å². The van der Waals surface area contributed by atoms with Crippen molar-refractivity contribution in [1.29, 1.82) is 5.41 Å². The highest BCUT2D eigenvalue weighted by atomic mass is 16.3. The molecule has 1 heterocycles. The first kappa shape index (κ1) is 17.3. The van der Waals surface area contributed by atoms with E-state index in [1.807, 2.05) is 37.3 Å². The van der Waals surface area contributed by atoms with Gasteiger partial charge in [0, 0.05) is 42.3 Å². The molecule has 1 fully saturated rings. The fourth-order valence-electron chi connectivity index (χ4n) is 3.35. The summed E-state index contributed by atoms with van der Waals surface area (Å²) >= 11 is 0. The van der Waals surface area contributed by atoms with Gasteiger partial charge in [0.2, 0.25) is 0 Å². The molecule has 1 aliphatic heterocycles. The van der Waals surface area contributed by atoms with Gasteiger partial charge in [-0.3, -0.25) is 4.90 Å². The molecule has 5 nitrogen and oxygen atoms in total. The van der Waals surface area contributed by atoms with E-state index in [1.54, 1.807) is 0 Å². The van der Waals surface area contributed by atoms with Crippen molar-refractivity contribution in [2.45, 2.75) is 32.4 Å². The number of nitrogen functional groups attached to an aromatic ring is 1. The second-order valence-corrected chi connectivity index (χ2v) is 6.83. The molecule has 5 N–H and O–H groups in total. The SMILES string of the molecule is Cc1ccc(CN2CCCC(Nc3ccc(N)c(C=N)c3)C2)cc1O. The van der Waals surface area contributed by atoms with E-state index in [0.717, 1.165) is 54.9 Å². The lowest BCUT2D eigenvalue weighted by molar-refractivity contribution is 0.208. The Kier molecular flexibility index (Phi) is 5.24. The summed E-state index contributed by atoms with van der Waals surface area (Å²) in [6.45, 7) is 4.79. The molecule has 0 amide bonds. The average Bonchev–Trinajstić information content (AvgIpc) is 2.60. The maximum Gasteiger partial charge on any atom is 0.118 e. The molecule has 2 aromatic carbocycles. The van der Waals surface area contributed by atoms with Gasteiger partial charge in [-0.2, -0.15) is 0 Å². The Bertz CT molecular complexity index is 759. The van der Waals surface area contributed by atoms with Crippen LogP contribution in [0.2, 0.25) is 0 Å². The van der Waals surface area contributed by atoms with Gasteiger partial charge in [-0.25, -0.2) is 0 Å². The summed E-state index contributed by atoms with van der Waals surface area (Å²) in [6, 6.07) is 12.0. The molecule has 1 unspecified atom stereocenters. The van der Waals surface area contributed by atoms with E-state index in [2.05, 4.69) is 16.3 Å². The first-order valence-corrected chi connectivity index (χ1v) is 8.72. The molecule has 25 heavy (non-hydrogen) atoms. The van der Waals surface area contributed by atoms with E-state index >= 15 is 0 Å². The Balaban J connectivity index is 1.62. The highest BCUT2D eigenvalue weighted by Crippen LogP contribution is 2.22. The zero-order chi connectivity index (χ0) is 17.8. The van der Waals surface area contributed by atoms with Crippen LogP contribution in [0, 0.1) is 12.3 Å². The van der Waals surface area contributed by atoms with Crippen LogP contribution in [0.1, 0.15) is 29.5 Å². The third-order valence-corrected chi connectivity index (χ3v) is 4.80. The number of nitrogens with zero attached hydrogens (tertiary/aromatic N) is 1. The number of rotatable bonds is 5. The minimum absolute atomic E-state index is 0.366. The maximum absolute atomic E-state index is 9.89. The van der Waals surface area contributed by atoms with Crippen molar-refractivity contribution in [2.75, 3.05) is 24.1 Å². The summed E-state index contributed by atoms with van der Waals surface area (Å²) in [5.74, 6) is 0.366. The van der Waals surface area contributed by atoms with Crippen LogP contribution in [-0.4, -0.2) is 35.4 Å². The van der Waals surface area contributed by atoms with E-state index < -0.39 is 0 Å². The predicted molar refractivity (Wildman–Crippen MR) is 104 cm³/mol. The van der Waals surface area contributed by atoms with Crippen molar-refractivity contribution in [3.63, 3.8) is 0 Å². The molecule has 1 saturated heterocycles. The zero-order valence-electron chi connectivity index (χ0n) is 14.6. The molecule has 0 radical (unpaired) electrons. The molecule has 1 aliphatic rings. The molecular formula is C20H26N4O. The Hall–Kier alpha value is -2.53. The summed E-state index contributed by atoms with van der Waals surface area (Å²) in [4.78, 5) is 2.42. The molecule has 2 aromatic rings. The number of nitrogens with one attached hydrogen (secondary N) is 2. The van der Waals surface area contributed by atoms with Crippen molar-refractivity contribution in [1.82, 2.24) is 4.90 Å². The summed E-state index contributed by atoms with van der Waals surface area (Å²) < 4.78 is 0. The standard InChI is InChI=1S/C20H26N4O/c1-14-4-5-15(9-20(14)25)12-24-8-2-3-18(13-24)23-17-6-7-19(22)16(10-17)11-21/h4-7,9-11,18,21,23,25H,2-3,8,12-13,22H2,1H3. The largest absolute Gasteiger partial charge is 0.508 e. The molecule has 0 bridgehead atoms. The zero-order valence-corrected chi connectivity index (χ0v) is 14.6. The van der Waals surface area contributed by atoms with E-state index in [4.69, 9.17) is 11.1 Å². The maximum atomic E-state index is 9.89. The number of anilines is 2. The van der Waals surface area contributed by atoms with Crippen LogP contribution in [0.15, 0.2) is 36.4 Å². The van der Waals surface area contributed by atoms with Gasteiger partial charge in [-0.05, 0) is 61.7 Å². The van der Waals surface area contributed by atoms with Crippen LogP contribution < -0.4 is 11.1 Å². The molecule has 0 saturated carbocycles. The Morgan fingerprint density at radius 2 is 2.16 bits per heavy atom. The summed E-state index contributed by atoms with van der Waals surface area (Å²) in [5, 5.41) is 20.9. The predicted octanol–water partition coefficient (Wildman–Crippen LogP) is 3.36. The van der Waals surface area contributed by atoms with Crippen LogP contribution in [0.3, 0.4) is 0 Å². The Morgan fingerprint density at radius 1 is 1.32 bits per heavy atom. The number of benzene rings is 2. The van der Waals surface area contributed by atoms with Gasteiger partial charge in [0.05, 0.1) is 0 Å². The number of nitrogens with two attached hydrogens (primary N) is 1. The highest BCUT2D eigenvalue weighted by molar-refractivity contribution is 5.86. The van der Waals surface area contributed by atoms with Crippen LogP contribution in [0.25, 0.3) is 0 Å². The number of aryl methyl sites for hydroxylation is 1. The van der Waals surface area contributed by atoms with Gasteiger partial charge >= 0.3 is 0 Å². The van der Waals surface area contributed by atoms with E-state index in [-0.39, 0.29) is 0 Å². The van der Waals surface area contributed by atoms with Crippen LogP contribution >= 0.6 is 0 Å². The topological polar surface area (TPSA) is 85.4 Å². The monoisotopic (exact) mass is 338 g/mol. The third kappa shape index (κ3) is 4.31. The smallest absolute Gasteiger partial charge is 0.118 e.